The van der Waals surface area contributed by atoms with E-state index in [9.17, 15) is 13.2 Å². The van der Waals surface area contributed by atoms with Crippen molar-refractivity contribution in [3.8, 4) is 0 Å². The van der Waals surface area contributed by atoms with Gasteiger partial charge in [0.1, 0.15) is 0 Å². The number of morpholine rings is 1. The summed E-state index contributed by atoms with van der Waals surface area (Å²) in [6, 6.07) is 5.64. The molecule has 0 spiro atoms. The molecule has 0 radical (unpaired) electrons. The van der Waals surface area contributed by atoms with Crippen molar-refractivity contribution < 1.29 is 23.1 Å². The van der Waals surface area contributed by atoms with E-state index in [1.807, 2.05) is 0 Å². The van der Waals surface area contributed by atoms with Crippen molar-refractivity contribution in [3.05, 3.63) is 29.8 Å². The Morgan fingerprint density at radius 3 is 2.35 bits per heavy atom. The quantitative estimate of drug-likeness (QED) is 0.906. The molecule has 0 saturated carbocycles. The average molecular weight is 299 g/mol. The number of aromatic carboxylic acids is 1. The Morgan fingerprint density at radius 2 is 1.80 bits per heavy atom. The molecule has 1 heterocycles. The summed E-state index contributed by atoms with van der Waals surface area (Å²) in [4.78, 5) is 11.0. The van der Waals surface area contributed by atoms with Crippen LogP contribution in [0.15, 0.2) is 29.2 Å². The van der Waals surface area contributed by atoms with Crippen LogP contribution in [0.25, 0.3) is 0 Å². The number of sulfonamides is 1. The molecule has 2 atom stereocenters. The molecule has 0 bridgehead atoms. The molecule has 1 N–H and O–H groups in total. The molecule has 2 rings (SSSR count). The maximum atomic E-state index is 12.6. The maximum Gasteiger partial charge on any atom is 0.337 e. The standard InChI is InChI=1S/C13H17NO5S/c1-9-7-14(8-10(2)19-9)20(17,18)12-6-4-3-5-11(12)13(15)16/h3-6,9-10H,7-8H2,1-2H3,(H,15,16)/t9-,10+. The Bertz CT molecular complexity index is 603. The number of benzene rings is 1. The lowest BCUT2D eigenvalue weighted by molar-refractivity contribution is -0.0440. The first-order chi connectivity index (χ1) is 9.32. The Hall–Kier alpha value is -1.44. The van der Waals surface area contributed by atoms with Crippen LogP contribution in [0, 0.1) is 0 Å². The zero-order chi connectivity index (χ0) is 14.9. The van der Waals surface area contributed by atoms with Gasteiger partial charge in [-0.3, -0.25) is 0 Å². The topological polar surface area (TPSA) is 83.9 Å². The third kappa shape index (κ3) is 2.84. The van der Waals surface area contributed by atoms with E-state index in [1.54, 1.807) is 13.8 Å². The van der Waals surface area contributed by atoms with Crippen LogP contribution in [0.4, 0.5) is 0 Å². The fourth-order valence-corrected chi connectivity index (χ4v) is 4.11. The number of carboxylic acid groups (broad SMARTS) is 1. The maximum absolute atomic E-state index is 12.6. The van der Waals surface area contributed by atoms with Gasteiger partial charge in [-0.15, -0.1) is 0 Å². The Kier molecular flexibility index (Phi) is 4.12. The summed E-state index contributed by atoms with van der Waals surface area (Å²) in [7, 11) is -3.83. The molecule has 20 heavy (non-hydrogen) atoms. The minimum Gasteiger partial charge on any atom is -0.478 e. The molecule has 0 aliphatic carbocycles. The Labute approximate surface area is 118 Å². The molecule has 0 unspecified atom stereocenters. The summed E-state index contributed by atoms with van der Waals surface area (Å²) in [5.74, 6) is -1.25. The van der Waals surface area contributed by atoms with E-state index in [1.165, 1.54) is 28.6 Å². The molecule has 0 amide bonds. The van der Waals surface area contributed by atoms with Crippen LogP contribution < -0.4 is 0 Å². The SMILES string of the molecule is C[C@@H]1CN(S(=O)(=O)c2ccccc2C(=O)O)C[C@H](C)O1. The third-order valence-corrected chi connectivity index (χ3v) is 5.01. The molecule has 110 valence electrons. The molecule has 0 aromatic heterocycles. The molecule has 1 fully saturated rings. The van der Waals surface area contributed by atoms with Crippen molar-refractivity contribution in [2.75, 3.05) is 13.1 Å². The van der Waals surface area contributed by atoms with Gasteiger partial charge in [0.25, 0.3) is 0 Å². The Balaban J connectivity index is 2.43. The molecular formula is C13H17NO5S. The highest BCUT2D eigenvalue weighted by Crippen LogP contribution is 2.23. The highest BCUT2D eigenvalue weighted by molar-refractivity contribution is 7.89. The van der Waals surface area contributed by atoms with Crippen LogP contribution >= 0.6 is 0 Å². The fourth-order valence-electron chi connectivity index (χ4n) is 2.33. The summed E-state index contributed by atoms with van der Waals surface area (Å²) in [5.41, 5.74) is -0.209. The predicted octanol–water partition coefficient (Wildman–Crippen LogP) is 1.18. The van der Waals surface area contributed by atoms with Gasteiger partial charge in [0, 0.05) is 13.1 Å². The highest BCUT2D eigenvalue weighted by atomic mass is 32.2. The molecule has 7 heteroatoms. The van der Waals surface area contributed by atoms with Crippen molar-refractivity contribution in [2.45, 2.75) is 31.0 Å². The average Bonchev–Trinajstić information content (AvgIpc) is 2.37. The molecule has 1 aromatic carbocycles. The van der Waals surface area contributed by atoms with Crippen LogP contribution in [-0.2, 0) is 14.8 Å². The van der Waals surface area contributed by atoms with Gasteiger partial charge in [0.15, 0.2) is 0 Å². The van der Waals surface area contributed by atoms with Gasteiger partial charge in [0.2, 0.25) is 10.0 Å². The molecule has 1 aliphatic heterocycles. The smallest absolute Gasteiger partial charge is 0.337 e. The first kappa shape index (κ1) is 15.0. The van der Waals surface area contributed by atoms with E-state index in [-0.39, 0.29) is 35.8 Å². The first-order valence-corrected chi connectivity index (χ1v) is 7.74. The minimum absolute atomic E-state index is 0.172. The molecule has 1 aromatic rings. The van der Waals surface area contributed by atoms with Crippen molar-refractivity contribution in [1.29, 1.82) is 0 Å². The highest BCUT2D eigenvalue weighted by Gasteiger charge is 2.34. The van der Waals surface area contributed by atoms with Crippen LogP contribution in [0.5, 0.6) is 0 Å². The molecular weight excluding hydrogens is 282 g/mol. The fraction of sp³-hybridized carbons (Fsp3) is 0.462. The summed E-state index contributed by atoms with van der Waals surface area (Å²) in [5, 5.41) is 9.12. The minimum atomic E-state index is -3.83. The van der Waals surface area contributed by atoms with E-state index in [4.69, 9.17) is 9.84 Å². The second kappa shape index (κ2) is 5.51. The van der Waals surface area contributed by atoms with E-state index in [0.717, 1.165) is 0 Å². The summed E-state index contributed by atoms with van der Waals surface area (Å²) >= 11 is 0. The van der Waals surface area contributed by atoms with Gasteiger partial charge in [-0.25, -0.2) is 13.2 Å². The second-order valence-corrected chi connectivity index (χ2v) is 6.79. The van der Waals surface area contributed by atoms with E-state index in [2.05, 4.69) is 0 Å². The monoisotopic (exact) mass is 299 g/mol. The zero-order valence-electron chi connectivity index (χ0n) is 11.3. The first-order valence-electron chi connectivity index (χ1n) is 6.30. The van der Waals surface area contributed by atoms with Crippen LogP contribution in [0.2, 0.25) is 0 Å². The Morgan fingerprint density at radius 1 is 1.25 bits per heavy atom. The van der Waals surface area contributed by atoms with E-state index < -0.39 is 16.0 Å². The number of hydrogen-bond donors (Lipinski definition) is 1. The number of rotatable bonds is 3. The van der Waals surface area contributed by atoms with Crippen molar-refractivity contribution in [2.24, 2.45) is 0 Å². The molecule has 1 aliphatic rings. The normalized spacial score (nSPS) is 24.5. The van der Waals surface area contributed by atoms with Gasteiger partial charge < -0.3 is 9.84 Å². The largest absolute Gasteiger partial charge is 0.478 e. The number of carboxylic acids is 1. The summed E-state index contributed by atoms with van der Waals surface area (Å²) in [6.45, 7) is 4.03. The number of carbonyl (C=O) groups is 1. The predicted molar refractivity (Wildman–Crippen MR) is 72.2 cm³/mol. The number of nitrogens with zero attached hydrogens (tertiary/aromatic N) is 1. The lowest BCUT2D eigenvalue weighted by Crippen LogP contribution is -2.48. The summed E-state index contributed by atoms with van der Waals surface area (Å²) < 4.78 is 32.0. The van der Waals surface area contributed by atoms with Gasteiger partial charge in [0.05, 0.1) is 22.7 Å². The van der Waals surface area contributed by atoms with Crippen LogP contribution in [0.3, 0.4) is 0 Å². The van der Waals surface area contributed by atoms with Gasteiger partial charge >= 0.3 is 5.97 Å². The van der Waals surface area contributed by atoms with E-state index in [0.29, 0.717) is 0 Å². The molecule has 1 saturated heterocycles. The lowest BCUT2D eigenvalue weighted by atomic mass is 10.2. The van der Waals surface area contributed by atoms with Gasteiger partial charge in [-0.2, -0.15) is 4.31 Å². The number of ether oxygens (including phenoxy) is 1. The third-order valence-electron chi connectivity index (χ3n) is 3.12. The number of hydrogen-bond acceptors (Lipinski definition) is 4. The van der Waals surface area contributed by atoms with Crippen LogP contribution in [-0.4, -0.2) is 49.1 Å². The van der Waals surface area contributed by atoms with Crippen molar-refractivity contribution in [1.82, 2.24) is 4.31 Å². The van der Waals surface area contributed by atoms with Crippen molar-refractivity contribution >= 4 is 16.0 Å². The van der Waals surface area contributed by atoms with Gasteiger partial charge in [-0.05, 0) is 26.0 Å². The van der Waals surface area contributed by atoms with Gasteiger partial charge in [-0.1, -0.05) is 12.1 Å². The lowest BCUT2D eigenvalue weighted by Gasteiger charge is -2.34. The van der Waals surface area contributed by atoms with E-state index >= 15 is 0 Å². The van der Waals surface area contributed by atoms with Crippen molar-refractivity contribution in [3.63, 3.8) is 0 Å². The van der Waals surface area contributed by atoms with Crippen LogP contribution in [0.1, 0.15) is 24.2 Å². The zero-order valence-corrected chi connectivity index (χ0v) is 12.1. The molecule has 6 nitrogen and oxygen atoms in total. The summed E-state index contributed by atoms with van der Waals surface area (Å²) in [6.07, 6.45) is -0.434. The second-order valence-electron chi connectivity index (χ2n) is 4.88.